The fourth-order valence-electron chi connectivity index (χ4n) is 1.08. The molecule has 0 aromatic rings. The van der Waals surface area contributed by atoms with Crippen molar-refractivity contribution in [2.45, 2.75) is 19.8 Å². The zero-order valence-corrected chi connectivity index (χ0v) is 8.52. The van der Waals surface area contributed by atoms with Gasteiger partial charge in [-0.1, -0.05) is 5.57 Å². The van der Waals surface area contributed by atoms with Crippen molar-refractivity contribution < 1.29 is 13.2 Å². The van der Waals surface area contributed by atoms with Crippen molar-refractivity contribution in [1.29, 1.82) is 0 Å². The minimum absolute atomic E-state index is 0.491. The molecule has 1 fully saturated rings. The number of sulfonamides is 1. The van der Waals surface area contributed by atoms with Gasteiger partial charge in [-0.15, -0.1) is 0 Å². The second kappa shape index (κ2) is 3.49. The van der Waals surface area contributed by atoms with E-state index >= 15 is 0 Å². The van der Waals surface area contributed by atoms with Crippen LogP contribution in [0.3, 0.4) is 0 Å². The van der Waals surface area contributed by atoms with E-state index in [0.717, 1.165) is 24.7 Å². The number of hydrogen-bond acceptors (Lipinski definition) is 3. The average Bonchev–Trinajstić information content (AvgIpc) is 2.60. The highest BCUT2D eigenvalue weighted by Crippen LogP contribution is 2.35. The first-order valence-electron chi connectivity index (χ1n) is 4.08. The summed E-state index contributed by atoms with van der Waals surface area (Å²) in [4.78, 5) is 11.0. The van der Waals surface area contributed by atoms with Gasteiger partial charge in [0, 0.05) is 6.08 Å². The molecule has 4 nitrogen and oxygen atoms in total. The summed E-state index contributed by atoms with van der Waals surface area (Å²) in [5.74, 6) is -0.0581. The Morgan fingerprint density at radius 1 is 1.46 bits per heavy atom. The van der Waals surface area contributed by atoms with E-state index in [1.165, 1.54) is 6.08 Å². The molecule has 0 aromatic heterocycles. The maximum atomic E-state index is 11.0. The minimum atomic E-state index is -3.42. The van der Waals surface area contributed by atoms with Crippen LogP contribution in [0.5, 0.6) is 0 Å². The van der Waals surface area contributed by atoms with Gasteiger partial charge in [-0.2, -0.15) is 0 Å². The normalized spacial score (nSPS) is 18.5. The molecule has 1 amide bonds. The maximum absolute atomic E-state index is 11.0. The van der Waals surface area contributed by atoms with Gasteiger partial charge < -0.3 is 0 Å². The fraction of sp³-hybridized carbons (Fsp3) is 0.625. The van der Waals surface area contributed by atoms with E-state index in [2.05, 4.69) is 0 Å². The van der Waals surface area contributed by atoms with Gasteiger partial charge in [0.1, 0.15) is 0 Å². The highest BCUT2D eigenvalue weighted by atomic mass is 32.2. The summed E-state index contributed by atoms with van der Waals surface area (Å²) < 4.78 is 23.2. The number of amides is 1. The van der Waals surface area contributed by atoms with Crippen molar-refractivity contribution in [1.82, 2.24) is 4.72 Å². The van der Waals surface area contributed by atoms with Gasteiger partial charge in [-0.05, 0) is 25.7 Å². The third-order valence-corrected chi connectivity index (χ3v) is 2.44. The molecule has 0 aliphatic heterocycles. The Kier molecular flexibility index (Phi) is 2.75. The number of rotatable bonds is 3. The van der Waals surface area contributed by atoms with Gasteiger partial charge in [-0.3, -0.25) is 4.79 Å². The monoisotopic (exact) mass is 203 g/mol. The van der Waals surface area contributed by atoms with Gasteiger partial charge in [-0.25, -0.2) is 13.1 Å². The Bertz CT molecular complexity index is 338. The number of carbonyl (C=O) groups is 1. The molecular formula is C8H13NO3S. The molecule has 13 heavy (non-hydrogen) atoms. The highest BCUT2D eigenvalue weighted by Gasteiger charge is 2.23. The van der Waals surface area contributed by atoms with Crippen LogP contribution in [0.2, 0.25) is 0 Å². The summed E-state index contributed by atoms with van der Waals surface area (Å²) in [6, 6.07) is 0. The van der Waals surface area contributed by atoms with Gasteiger partial charge in [0.2, 0.25) is 10.0 Å². The molecule has 0 heterocycles. The van der Waals surface area contributed by atoms with Gasteiger partial charge in [0.05, 0.1) is 6.26 Å². The summed E-state index contributed by atoms with van der Waals surface area (Å²) in [6.45, 7) is 1.85. The largest absolute Gasteiger partial charge is 0.269 e. The third kappa shape index (κ3) is 4.07. The van der Waals surface area contributed by atoms with Crippen LogP contribution in [0.4, 0.5) is 0 Å². The quantitative estimate of drug-likeness (QED) is 0.676. The molecule has 0 atom stereocenters. The molecule has 1 aliphatic rings. The summed E-state index contributed by atoms with van der Waals surface area (Å²) >= 11 is 0. The first kappa shape index (κ1) is 10.2. The zero-order valence-electron chi connectivity index (χ0n) is 7.70. The lowest BCUT2D eigenvalue weighted by atomic mass is 10.2. The standard InChI is InChI=1S/C8H13NO3S/c1-6(7-3-4-7)5-8(10)9-13(2,11)12/h5,7H,3-4H2,1-2H3,(H,9,10)/b6-5+. The minimum Gasteiger partial charge on any atom is -0.269 e. The van der Waals surface area contributed by atoms with Crippen molar-refractivity contribution in [3.63, 3.8) is 0 Å². The number of carbonyl (C=O) groups excluding carboxylic acids is 1. The van der Waals surface area contributed by atoms with Crippen LogP contribution in [0.25, 0.3) is 0 Å². The summed E-state index contributed by atoms with van der Waals surface area (Å²) in [5, 5.41) is 0. The van der Waals surface area contributed by atoms with Crippen LogP contribution >= 0.6 is 0 Å². The van der Waals surface area contributed by atoms with Crippen LogP contribution in [-0.4, -0.2) is 20.6 Å². The van der Waals surface area contributed by atoms with Gasteiger partial charge >= 0.3 is 0 Å². The zero-order chi connectivity index (χ0) is 10.1. The van der Waals surface area contributed by atoms with Crippen LogP contribution < -0.4 is 4.72 Å². The molecule has 0 bridgehead atoms. The SMILES string of the molecule is C/C(=C\C(=O)NS(C)(=O)=O)C1CC1. The van der Waals surface area contributed by atoms with Crippen molar-refractivity contribution in [3.8, 4) is 0 Å². The smallest absolute Gasteiger partial charge is 0.257 e. The molecule has 0 aromatic carbocycles. The molecule has 1 saturated carbocycles. The molecule has 1 aliphatic carbocycles. The Hall–Kier alpha value is -0.840. The van der Waals surface area contributed by atoms with Crippen molar-refractivity contribution in [2.75, 3.05) is 6.26 Å². The Morgan fingerprint density at radius 2 is 2.00 bits per heavy atom. The Labute approximate surface area is 78.1 Å². The van der Waals surface area contributed by atoms with Crippen LogP contribution in [0.1, 0.15) is 19.8 Å². The lowest BCUT2D eigenvalue weighted by Crippen LogP contribution is -2.27. The molecule has 5 heteroatoms. The van der Waals surface area contributed by atoms with E-state index in [-0.39, 0.29) is 0 Å². The fourth-order valence-corrected chi connectivity index (χ4v) is 1.50. The predicted octanol–water partition coefficient (Wildman–Crippen LogP) is 0.418. The predicted molar refractivity (Wildman–Crippen MR) is 49.5 cm³/mol. The lowest BCUT2D eigenvalue weighted by Gasteiger charge is -1.99. The highest BCUT2D eigenvalue weighted by molar-refractivity contribution is 7.89. The van der Waals surface area contributed by atoms with Crippen LogP contribution in [0, 0.1) is 5.92 Å². The summed E-state index contributed by atoms with van der Waals surface area (Å²) in [5.41, 5.74) is 0.959. The number of hydrogen-bond donors (Lipinski definition) is 1. The molecule has 0 radical (unpaired) electrons. The van der Waals surface area contributed by atoms with Gasteiger partial charge in [0.15, 0.2) is 0 Å². The molecule has 0 spiro atoms. The van der Waals surface area contributed by atoms with Crippen molar-refractivity contribution in [2.24, 2.45) is 5.92 Å². The lowest BCUT2D eigenvalue weighted by molar-refractivity contribution is -0.114. The van der Waals surface area contributed by atoms with Crippen molar-refractivity contribution in [3.05, 3.63) is 11.6 Å². The van der Waals surface area contributed by atoms with Crippen LogP contribution in [0.15, 0.2) is 11.6 Å². The van der Waals surface area contributed by atoms with E-state index in [1.54, 1.807) is 0 Å². The molecule has 74 valence electrons. The van der Waals surface area contributed by atoms with E-state index < -0.39 is 15.9 Å². The molecular weight excluding hydrogens is 190 g/mol. The average molecular weight is 203 g/mol. The van der Waals surface area contributed by atoms with E-state index in [0.29, 0.717) is 5.92 Å². The molecule has 1 rings (SSSR count). The maximum Gasteiger partial charge on any atom is 0.257 e. The van der Waals surface area contributed by atoms with Gasteiger partial charge in [0.25, 0.3) is 5.91 Å². The van der Waals surface area contributed by atoms with Crippen LogP contribution in [-0.2, 0) is 14.8 Å². The third-order valence-electron chi connectivity index (χ3n) is 1.87. The number of nitrogens with one attached hydrogen (secondary N) is 1. The molecule has 0 saturated heterocycles. The summed E-state index contributed by atoms with van der Waals surface area (Å²) in [7, 11) is -3.42. The topological polar surface area (TPSA) is 63.2 Å². The second-order valence-electron chi connectivity index (χ2n) is 3.40. The van der Waals surface area contributed by atoms with E-state index in [1.807, 2.05) is 11.6 Å². The molecule has 0 unspecified atom stereocenters. The van der Waals surface area contributed by atoms with E-state index in [9.17, 15) is 13.2 Å². The number of allylic oxidation sites excluding steroid dienone is 1. The summed E-state index contributed by atoms with van der Waals surface area (Å²) in [6.07, 6.45) is 4.53. The first-order valence-corrected chi connectivity index (χ1v) is 5.97. The van der Waals surface area contributed by atoms with E-state index in [4.69, 9.17) is 0 Å². The molecule has 1 N–H and O–H groups in total. The first-order chi connectivity index (χ1) is 5.88. The Morgan fingerprint density at radius 3 is 2.38 bits per heavy atom. The van der Waals surface area contributed by atoms with Crippen molar-refractivity contribution >= 4 is 15.9 Å². The second-order valence-corrected chi connectivity index (χ2v) is 5.15. The Balaban J connectivity index is 2.54.